The molecule has 6 aliphatic heterocycles. The largest absolute Gasteiger partial charge is 0.457 e. The third-order valence-electron chi connectivity index (χ3n) is 13.5. The quantitative estimate of drug-likeness (QED) is 0.125. The molecule has 302 valence electrons. The topological polar surface area (TPSA) is 77.1 Å². The van der Waals surface area contributed by atoms with Crippen molar-refractivity contribution in [2.24, 2.45) is 41.4 Å². The molecule has 0 aromatic carbocycles. The van der Waals surface area contributed by atoms with Crippen molar-refractivity contribution < 1.29 is 64.5 Å². The Labute approximate surface area is 307 Å². The molecule has 6 fully saturated rings. The predicted octanol–water partition coefficient (Wildman–Crippen LogP) is 8.05. The van der Waals surface area contributed by atoms with Crippen molar-refractivity contribution in [1.82, 2.24) is 4.90 Å². The number of hydrogen-bond donors (Lipinski definition) is 0. The van der Waals surface area contributed by atoms with Crippen LogP contribution in [0.5, 0.6) is 0 Å². The number of alkyl halides is 6. The molecule has 2 saturated carbocycles. The summed E-state index contributed by atoms with van der Waals surface area (Å²) in [5.74, 6) is -5.28. The molecular weight excluding hydrogens is 712 g/mol. The maximum Gasteiger partial charge on any atom is 0.449 e. The number of rotatable bonds is 10. The molecule has 3 unspecified atom stereocenters. The van der Waals surface area contributed by atoms with E-state index in [1.165, 1.54) is 0 Å². The lowest BCUT2D eigenvalue weighted by molar-refractivity contribution is -0.557. The molecular formula is C38H55F6NO8. The summed E-state index contributed by atoms with van der Waals surface area (Å²) in [5.41, 5.74) is -1.06. The van der Waals surface area contributed by atoms with Crippen LogP contribution < -0.4 is 0 Å². The van der Waals surface area contributed by atoms with Crippen molar-refractivity contribution in [1.29, 1.82) is 0 Å². The Hall–Kier alpha value is -1.62. The van der Waals surface area contributed by atoms with Crippen molar-refractivity contribution in [2.45, 2.75) is 128 Å². The minimum atomic E-state index is -4.76. The third kappa shape index (κ3) is 7.27. The molecule has 2 aliphatic carbocycles. The average molecular weight is 768 g/mol. The summed E-state index contributed by atoms with van der Waals surface area (Å²) in [6.07, 6.45) is -5.51. The Kier molecular flexibility index (Phi) is 10.8. The van der Waals surface area contributed by atoms with Crippen LogP contribution >= 0.6 is 0 Å². The zero-order valence-corrected chi connectivity index (χ0v) is 31.6. The molecule has 8 aliphatic rings. The van der Waals surface area contributed by atoms with E-state index in [1.54, 1.807) is 20.9 Å². The standard InChI is InChI=1S/C38H55F6NO8/c1-21-7-10-25-26(32(38(42,43)44)50-35(5)30(25)24(21)11-9-23(3)49-35)19-46-17-15-45(6)16-18-47-20-27-29-12-8-22(2)28-13-14-34(4)51-33(36(28,29)53-52-34)48-31(27)37(39,40)41/h21-25,28-30,33H,7-20H2,1-6H3/t21-,22-,23+,24?,25+,28?,29+,30?,33-,34-,35-,36-/m1/s1. The van der Waals surface area contributed by atoms with Gasteiger partial charge in [-0.05, 0) is 89.5 Å². The molecule has 0 N–H and O–H groups in total. The van der Waals surface area contributed by atoms with Gasteiger partial charge in [-0.1, -0.05) is 13.8 Å². The fraction of sp³-hybridized carbons (Fsp3) is 0.895. The Morgan fingerprint density at radius 1 is 0.755 bits per heavy atom. The summed E-state index contributed by atoms with van der Waals surface area (Å²) in [5, 5.41) is 0. The van der Waals surface area contributed by atoms with Gasteiger partial charge in [0, 0.05) is 55.3 Å². The fourth-order valence-corrected chi connectivity index (χ4v) is 10.8. The second-order valence-corrected chi connectivity index (χ2v) is 17.1. The molecule has 0 aromatic heterocycles. The van der Waals surface area contributed by atoms with E-state index in [9.17, 15) is 26.3 Å². The highest BCUT2D eigenvalue weighted by atomic mass is 19.4. The first-order valence-corrected chi connectivity index (χ1v) is 19.4. The van der Waals surface area contributed by atoms with Gasteiger partial charge in [-0.2, -0.15) is 26.3 Å². The monoisotopic (exact) mass is 767 g/mol. The highest BCUT2D eigenvalue weighted by molar-refractivity contribution is 5.29. The van der Waals surface area contributed by atoms with E-state index < -0.39 is 53.3 Å². The smallest absolute Gasteiger partial charge is 0.449 e. The zero-order chi connectivity index (χ0) is 38.1. The molecule has 53 heavy (non-hydrogen) atoms. The van der Waals surface area contributed by atoms with Crippen LogP contribution in [0.25, 0.3) is 0 Å². The lowest BCUT2D eigenvalue weighted by Gasteiger charge is -2.57. The van der Waals surface area contributed by atoms with Gasteiger partial charge in [-0.25, -0.2) is 9.78 Å². The summed E-state index contributed by atoms with van der Waals surface area (Å²) in [7, 11) is 1.80. The van der Waals surface area contributed by atoms with Crippen molar-refractivity contribution in [3.8, 4) is 0 Å². The molecule has 4 saturated heterocycles. The van der Waals surface area contributed by atoms with Crippen molar-refractivity contribution in [3.63, 3.8) is 0 Å². The second kappa shape index (κ2) is 14.4. The molecule has 15 heteroatoms. The summed E-state index contributed by atoms with van der Waals surface area (Å²) in [4.78, 5) is 13.6. The van der Waals surface area contributed by atoms with Crippen LogP contribution in [0.2, 0.25) is 0 Å². The van der Waals surface area contributed by atoms with Crippen molar-refractivity contribution in [3.05, 3.63) is 22.7 Å². The molecule has 9 nitrogen and oxygen atoms in total. The average Bonchev–Trinajstić information content (AvgIpc) is 3.38. The lowest BCUT2D eigenvalue weighted by atomic mass is 9.59. The number of fused-ring (bicyclic) bond motifs is 2. The number of hydrogen-bond acceptors (Lipinski definition) is 9. The van der Waals surface area contributed by atoms with Gasteiger partial charge in [0.25, 0.3) is 0 Å². The predicted molar refractivity (Wildman–Crippen MR) is 177 cm³/mol. The van der Waals surface area contributed by atoms with Crippen LogP contribution in [-0.4, -0.2) is 93.4 Å². The summed E-state index contributed by atoms with van der Waals surface area (Å²) in [6.45, 7) is 9.94. The van der Waals surface area contributed by atoms with Crippen molar-refractivity contribution >= 4 is 0 Å². The zero-order valence-electron chi connectivity index (χ0n) is 31.6. The SMILES string of the molecule is C[C@@H]1CC[C@H]2C(COCCN(C)CCOCC3=C(C(F)(F)F)O[C@@H]4O[C@@]5(C)CCC6[C@H](C)CC[C@@H]3[C@]64OO5)=C(C(F)(F)F)O[C@@]3(C)O[C@@H](C)CCC1C23. The summed E-state index contributed by atoms with van der Waals surface area (Å²) < 4.78 is 122. The highest BCUT2D eigenvalue weighted by Crippen LogP contribution is 2.62. The highest BCUT2D eigenvalue weighted by Gasteiger charge is 2.70. The maximum atomic E-state index is 14.5. The number of likely N-dealkylation sites (N-methyl/N-ethyl adjacent to an activating group) is 1. The molecule has 8 rings (SSSR count). The molecule has 0 aromatic rings. The van der Waals surface area contributed by atoms with E-state index in [0.717, 1.165) is 25.7 Å². The van der Waals surface area contributed by atoms with Gasteiger partial charge in [-0.15, -0.1) is 0 Å². The second-order valence-electron chi connectivity index (χ2n) is 17.1. The molecule has 12 atom stereocenters. The minimum absolute atomic E-state index is 0.00162. The fourth-order valence-electron chi connectivity index (χ4n) is 10.8. The molecule has 2 bridgehead atoms. The maximum absolute atomic E-state index is 14.5. The van der Waals surface area contributed by atoms with Crippen LogP contribution in [-0.2, 0) is 38.2 Å². The first-order chi connectivity index (χ1) is 24.9. The summed E-state index contributed by atoms with van der Waals surface area (Å²) >= 11 is 0. The number of allylic oxidation sites excluding steroid dienone is 2. The number of ether oxygens (including phenoxy) is 6. The van der Waals surface area contributed by atoms with Crippen LogP contribution in [0.4, 0.5) is 26.3 Å². The van der Waals surface area contributed by atoms with Crippen LogP contribution in [0, 0.1) is 41.4 Å². The van der Waals surface area contributed by atoms with E-state index in [0.29, 0.717) is 44.7 Å². The van der Waals surface area contributed by atoms with Crippen molar-refractivity contribution in [2.75, 3.05) is 46.6 Å². The van der Waals surface area contributed by atoms with E-state index in [1.807, 2.05) is 11.8 Å². The van der Waals surface area contributed by atoms with E-state index in [-0.39, 0.29) is 73.3 Å². The van der Waals surface area contributed by atoms with Gasteiger partial charge in [0.2, 0.25) is 29.4 Å². The normalized spacial score (nSPS) is 42.8. The van der Waals surface area contributed by atoms with E-state index in [4.69, 9.17) is 38.2 Å². The molecule has 0 radical (unpaired) electrons. The first-order valence-electron chi connectivity index (χ1n) is 19.4. The van der Waals surface area contributed by atoms with E-state index >= 15 is 0 Å². The number of nitrogens with zero attached hydrogens (tertiary/aromatic N) is 1. The summed E-state index contributed by atoms with van der Waals surface area (Å²) in [6, 6.07) is 0. The molecule has 0 amide bonds. The molecule has 6 heterocycles. The number of halogens is 6. The van der Waals surface area contributed by atoms with Gasteiger partial charge in [0.1, 0.15) is 0 Å². The first kappa shape index (κ1) is 39.6. The van der Waals surface area contributed by atoms with Gasteiger partial charge in [-0.3, -0.25) is 0 Å². The van der Waals surface area contributed by atoms with Gasteiger partial charge >= 0.3 is 12.4 Å². The Morgan fingerprint density at radius 3 is 2.09 bits per heavy atom. The Morgan fingerprint density at radius 2 is 1.42 bits per heavy atom. The Bertz CT molecular complexity index is 1420. The molecule has 1 spiro atoms. The lowest BCUT2D eigenvalue weighted by Crippen LogP contribution is -2.67. The Balaban J connectivity index is 0.965. The van der Waals surface area contributed by atoms with Gasteiger partial charge < -0.3 is 33.3 Å². The van der Waals surface area contributed by atoms with Crippen LogP contribution in [0.3, 0.4) is 0 Å². The van der Waals surface area contributed by atoms with Gasteiger partial charge in [0.15, 0.2) is 5.60 Å². The minimum Gasteiger partial charge on any atom is -0.457 e. The van der Waals surface area contributed by atoms with E-state index in [2.05, 4.69) is 13.8 Å². The third-order valence-corrected chi connectivity index (χ3v) is 13.5. The van der Waals surface area contributed by atoms with Crippen LogP contribution in [0.15, 0.2) is 22.7 Å². The van der Waals surface area contributed by atoms with Crippen LogP contribution in [0.1, 0.15) is 86.0 Å². The van der Waals surface area contributed by atoms with Gasteiger partial charge in [0.05, 0.1) is 32.5 Å².